The minimum atomic E-state index is 0.0547. The maximum absolute atomic E-state index is 13.0. The molecule has 2 aliphatic rings. The van der Waals surface area contributed by atoms with Gasteiger partial charge in [0.1, 0.15) is 13.2 Å². The molecule has 0 aliphatic carbocycles. The second-order valence-corrected chi connectivity index (χ2v) is 8.09. The predicted octanol–water partition coefficient (Wildman–Crippen LogP) is 2.89. The Kier molecular flexibility index (Phi) is 5.27. The number of carbonyl (C=O) groups excluding carboxylic acids is 1. The number of tetrazole rings is 1. The van der Waals surface area contributed by atoms with Gasteiger partial charge in [-0.3, -0.25) is 4.79 Å². The van der Waals surface area contributed by atoms with Gasteiger partial charge in [0.25, 0.3) is 0 Å². The SMILES string of the molecule is O=C(CSc1nnnn1-c1ccccc1)N1CCCC1c1ccc2c(c1)OCCO2. The van der Waals surface area contributed by atoms with Gasteiger partial charge in [0, 0.05) is 6.54 Å². The van der Waals surface area contributed by atoms with Gasteiger partial charge >= 0.3 is 0 Å². The zero-order chi connectivity index (χ0) is 20.3. The number of aromatic nitrogens is 4. The van der Waals surface area contributed by atoms with E-state index in [1.807, 2.05) is 53.4 Å². The largest absolute Gasteiger partial charge is 0.486 e. The molecule has 2 aromatic carbocycles. The van der Waals surface area contributed by atoms with Crippen molar-refractivity contribution in [2.45, 2.75) is 24.0 Å². The van der Waals surface area contributed by atoms with Crippen molar-refractivity contribution in [2.24, 2.45) is 0 Å². The molecule has 0 N–H and O–H groups in total. The second kappa shape index (κ2) is 8.35. The highest BCUT2D eigenvalue weighted by molar-refractivity contribution is 7.99. The van der Waals surface area contributed by atoms with E-state index in [0.717, 1.165) is 42.1 Å². The molecule has 1 aromatic heterocycles. The van der Waals surface area contributed by atoms with Crippen molar-refractivity contribution in [2.75, 3.05) is 25.5 Å². The number of fused-ring (bicyclic) bond motifs is 1. The lowest BCUT2D eigenvalue weighted by molar-refractivity contribution is -0.129. The summed E-state index contributed by atoms with van der Waals surface area (Å²) in [7, 11) is 0. The van der Waals surface area contributed by atoms with Crippen molar-refractivity contribution < 1.29 is 14.3 Å². The number of amides is 1. The summed E-state index contributed by atoms with van der Waals surface area (Å²) >= 11 is 1.35. The van der Waals surface area contributed by atoms with Crippen LogP contribution in [0.1, 0.15) is 24.4 Å². The zero-order valence-corrected chi connectivity index (χ0v) is 17.1. The van der Waals surface area contributed by atoms with Crippen molar-refractivity contribution >= 4 is 17.7 Å². The summed E-state index contributed by atoms with van der Waals surface area (Å²) in [6.07, 6.45) is 1.93. The van der Waals surface area contributed by atoms with Crippen molar-refractivity contribution in [1.29, 1.82) is 0 Å². The Bertz CT molecular complexity index is 1040. The third-order valence-electron chi connectivity index (χ3n) is 5.29. The predicted molar refractivity (Wildman–Crippen MR) is 111 cm³/mol. The lowest BCUT2D eigenvalue weighted by Gasteiger charge is -2.26. The summed E-state index contributed by atoms with van der Waals surface area (Å²) < 4.78 is 13.0. The Morgan fingerprint density at radius 2 is 1.93 bits per heavy atom. The van der Waals surface area contributed by atoms with E-state index in [2.05, 4.69) is 15.5 Å². The van der Waals surface area contributed by atoms with Gasteiger partial charge in [-0.05, 0) is 53.1 Å². The van der Waals surface area contributed by atoms with Crippen LogP contribution in [0.25, 0.3) is 5.69 Å². The fraction of sp³-hybridized carbons (Fsp3) is 0.333. The molecule has 2 aliphatic heterocycles. The van der Waals surface area contributed by atoms with Crippen LogP contribution in [0.3, 0.4) is 0 Å². The summed E-state index contributed by atoms with van der Waals surface area (Å²) in [5.41, 5.74) is 1.96. The maximum Gasteiger partial charge on any atom is 0.233 e. The zero-order valence-electron chi connectivity index (χ0n) is 16.3. The third kappa shape index (κ3) is 3.72. The Hall–Kier alpha value is -3.07. The fourth-order valence-corrected chi connectivity index (χ4v) is 4.67. The molecule has 1 amide bonds. The number of carbonyl (C=O) groups is 1. The molecule has 154 valence electrons. The van der Waals surface area contributed by atoms with Crippen LogP contribution >= 0.6 is 11.8 Å². The fourth-order valence-electron chi connectivity index (χ4n) is 3.89. The van der Waals surface area contributed by atoms with Gasteiger partial charge in [0.2, 0.25) is 11.1 Å². The first-order valence-corrected chi connectivity index (χ1v) is 10.9. The van der Waals surface area contributed by atoms with Gasteiger partial charge in [-0.15, -0.1) is 5.10 Å². The molecule has 3 heterocycles. The van der Waals surface area contributed by atoms with Gasteiger partial charge in [-0.1, -0.05) is 36.0 Å². The first-order valence-electron chi connectivity index (χ1n) is 9.95. The van der Waals surface area contributed by atoms with E-state index >= 15 is 0 Å². The van der Waals surface area contributed by atoms with Crippen molar-refractivity contribution in [1.82, 2.24) is 25.1 Å². The summed E-state index contributed by atoms with van der Waals surface area (Å²) in [4.78, 5) is 15.0. The highest BCUT2D eigenvalue weighted by Gasteiger charge is 2.31. The van der Waals surface area contributed by atoms with Crippen LogP contribution in [-0.2, 0) is 4.79 Å². The van der Waals surface area contributed by atoms with Crippen LogP contribution in [0, 0.1) is 0 Å². The quantitative estimate of drug-likeness (QED) is 0.584. The lowest BCUT2D eigenvalue weighted by atomic mass is 10.0. The minimum absolute atomic E-state index is 0.0547. The van der Waals surface area contributed by atoms with E-state index in [4.69, 9.17) is 9.47 Å². The second-order valence-electron chi connectivity index (χ2n) is 7.15. The van der Waals surface area contributed by atoms with E-state index in [-0.39, 0.29) is 17.7 Å². The molecule has 9 heteroatoms. The number of hydrogen-bond acceptors (Lipinski definition) is 7. The van der Waals surface area contributed by atoms with Crippen LogP contribution in [-0.4, -0.2) is 56.5 Å². The van der Waals surface area contributed by atoms with Crippen molar-refractivity contribution in [3.63, 3.8) is 0 Å². The number of benzene rings is 2. The average Bonchev–Trinajstić information content (AvgIpc) is 3.47. The molecule has 0 saturated carbocycles. The summed E-state index contributed by atoms with van der Waals surface area (Å²) in [6, 6.07) is 15.7. The Morgan fingerprint density at radius 1 is 1.10 bits per heavy atom. The van der Waals surface area contributed by atoms with Gasteiger partial charge < -0.3 is 14.4 Å². The van der Waals surface area contributed by atoms with E-state index in [9.17, 15) is 4.79 Å². The summed E-state index contributed by atoms with van der Waals surface area (Å²) in [6.45, 7) is 1.87. The summed E-state index contributed by atoms with van der Waals surface area (Å²) in [5.74, 6) is 1.90. The minimum Gasteiger partial charge on any atom is -0.486 e. The maximum atomic E-state index is 13.0. The number of likely N-dealkylation sites (tertiary alicyclic amines) is 1. The molecule has 1 fully saturated rings. The summed E-state index contributed by atoms with van der Waals surface area (Å²) in [5, 5.41) is 12.5. The normalized spacial score (nSPS) is 17.9. The molecule has 1 unspecified atom stereocenters. The Labute approximate surface area is 178 Å². The van der Waals surface area contributed by atoms with Crippen LogP contribution in [0.15, 0.2) is 53.7 Å². The van der Waals surface area contributed by atoms with Crippen LogP contribution in [0.2, 0.25) is 0 Å². The molecule has 0 radical (unpaired) electrons. The molecule has 3 aromatic rings. The topological polar surface area (TPSA) is 82.4 Å². The van der Waals surface area contributed by atoms with E-state index < -0.39 is 0 Å². The van der Waals surface area contributed by atoms with Gasteiger partial charge in [0.05, 0.1) is 17.5 Å². The molecule has 1 saturated heterocycles. The van der Waals surface area contributed by atoms with Gasteiger partial charge in [-0.25, -0.2) is 0 Å². The number of nitrogens with zero attached hydrogens (tertiary/aromatic N) is 5. The van der Waals surface area contributed by atoms with Gasteiger partial charge in [0.15, 0.2) is 11.5 Å². The van der Waals surface area contributed by atoms with E-state index in [0.29, 0.717) is 18.4 Å². The van der Waals surface area contributed by atoms with Gasteiger partial charge in [-0.2, -0.15) is 4.68 Å². The van der Waals surface area contributed by atoms with Crippen LogP contribution in [0.5, 0.6) is 11.5 Å². The monoisotopic (exact) mass is 423 g/mol. The highest BCUT2D eigenvalue weighted by Crippen LogP contribution is 2.38. The first-order chi connectivity index (χ1) is 14.8. The number of thioether (sulfide) groups is 1. The smallest absolute Gasteiger partial charge is 0.233 e. The van der Waals surface area contributed by atoms with Crippen LogP contribution in [0.4, 0.5) is 0 Å². The molecule has 0 spiro atoms. The molecule has 8 nitrogen and oxygen atoms in total. The van der Waals surface area contributed by atoms with Crippen molar-refractivity contribution in [3.05, 3.63) is 54.1 Å². The highest BCUT2D eigenvalue weighted by atomic mass is 32.2. The molecule has 1 atom stereocenters. The standard InChI is InChI=1S/C21H21N5O3S/c27-20(14-30-21-22-23-24-26(21)16-5-2-1-3-6-16)25-10-4-7-17(25)15-8-9-18-19(13-15)29-12-11-28-18/h1-3,5-6,8-9,13,17H,4,7,10-12,14H2. The molecule has 5 rings (SSSR count). The van der Waals surface area contributed by atoms with E-state index in [1.54, 1.807) is 4.68 Å². The molecule has 0 bridgehead atoms. The Morgan fingerprint density at radius 3 is 2.80 bits per heavy atom. The lowest BCUT2D eigenvalue weighted by Crippen LogP contribution is -2.32. The molecule has 30 heavy (non-hydrogen) atoms. The molecular formula is C21H21N5O3S. The van der Waals surface area contributed by atoms with Crippen molar-refractivity contribution in [3.8, 4) is 17.2 Å². The first kappa shape index (κ1) is 18.9. The average molecular weight is 423 g/mol. The number of ether oxygens (including phenoxy) is 2. The Balaban J connectivity index is 1.28. The number of hydrogen-bond donors (Lipinski definition) is 0. The van der Waals surface area contributed by atoms with E-state index in [1.165, 1.54) is 11.8 Å². The molecular weight excluding hydrogens is 402 g/mol. The third-order valence-corrected chi connectivity index (χ3v) is 6.19. The number of rotatable bonds is 5. The van der Waals surface area contributed by atoms with Crippen LogP contribution < -0.4 is 9.47 Å². The number of para-hydroxylation sites is 1.